The Labute approximate surface area is 223 Å². The van der Waals surface area contributed by atoms with Gasteiger partial charge in [0.1, 0.15) is 11.7 Å². The zero-order chi connectivity index (χ0) is 27.2. The van der Waals surface area contributed by atoms with Crippen molar-refractivity contribution in [2.24, 2.45) is 39.4 Å². The van der Waals surface area contributed by atoms with Crippen molar-refractivity contribution in [2.45, 2.75) is 124 Å². The highest BCUT2D eigenvalue weighted by molar-refractivity contribution is 5.83. The van der Waals surface area contributed by atoms with E-state index in [0.29, 0.717) is 24.7 Å². The summed E-state index contributed by atoms with van der Waals surface area (Å²) in [6, 6.07) is 0. The second-order valence-corrected chi connectivity index (χ2v) is 14.6. The lowest BCUT2D eigenvalue weighted by atomic mass is 9.41. The molecule has 206 valence electrons. The Balaban J connectivity index is 1.50. The van der Waals surface area contributed by atoms with E-state index in [1.54, 1.807) is 0 Å². The second-order valence-electron chi connectivity index (χ2n) is 14.6. The van der Waals surface area contributed by atoms with Crippen LogP contribution >= 0.6 is 0 Å². The summed E-state index contributed by atoms with van der Waals surface area (Å²) >= 11 is 0. The first-order chi connectivity index (χ1) is 17.1. The summed E-state index contributed by atoms with van der Waals surface area (Å²) in [6.07, 6.45) is 9.67. The van der Waals surface area contributed by atoms with Crippen molar-refractivity contribution >= 4 is 11.9 Å². The molecule has 4 fully saturated rings. The van der Waals surface area contributed by atoms with Crippen molar-refractivity contribution in [2.75, 3.05) is 0 Å². The van der Waals surface area contributed by atoms with Gasteiger partial charge >= 0.3 is 11.9 Å². The number of cyclic esters (lactones) is 1. The number of allylic oxidation sites excluding steroid dienone is 2. The highest BCUT2D eigenvalue weighted by Gasteiger charge is 2.76. The van der Waals surface area contributed by atoms with E-state index in [4.69, 9.17) is 9.47 Å². The molecule has 5 rings (SSSR count). The maximum Gasteiger partial charge on any atom is 0.313 e. The molecule has 0 unspecified atom stereocenters. The maximum atomic E-state index is 14.0. The number of ether oxygens (including phenoxy) is 2. The van der Waals surface area contributed by atoms with E-state index >= 15 is 0 Å². The fraction of sp³-hybridized carbons (Fsp3) is 0.812. The fourth-order valence-electron chi connectivity index (χ4n) is 10.5. The molecular formula is C32H48O5. The predicted octanol–water partition coefficient (Wildman–Crippen LogP) is 6.54. The summed E-state index contributed by atoms with van der Waals surface area (Å²) in [6.45, 7) is 18.8. The molecule has 5 nitrogen and oxygen atoms in total. The lowest BCUT2D eigenvalue weighted by Gasteiger charge is -2.63. The van der Waals surface area contributed by atoms with Gasteiger partial charge in [-0.3, -0.25) is 9.59 Å². The Kier molecular flexibility index (Phi) is 6.15. The van der Waals surface area contributed by atoms with Crippen LogP contribution in [0.25, 0.3) is 0 Å². The molecule has 37 heavy (non-hydrogen) atoms. The number of carbonyl (C=O) groups is 2. The van der Waals surface area contributed by atoms with Crippen LogP contribution in [0.15, 0.2) is 23.8 Å². The van der Waals surface area contributed by atoms with Crippen LogP contribution in [0.1, 0.15) is 106 Å². The molecule has 0 bridgehead atoms. The first-order valence-corrected chi connectivity index (χ1v) is 14.6. The van der Waals surface area contributed by atoms with Crippen LogP contribution in [-0.4, -0.2) is 34.9 Å². The van der Waals surface area contributed by atoms with E-state index in [-0.39, 0.29) is 46.3 Å². The molecule has 0 aromatic heterocycles. The van der Waals surface area contributed by atoms with Crippen LogP contribution in [0.4, 0.5) is 0 Å². The van der Waals surface area contributed by atoms with Crippen molar-refractivity contribution in [1.82, 2.24) is 0 Å². The van der Waals surface area contributed by atoms with E-state index < -0.39 is 11.0 Å². The number of hydrogen-bond donors (Lipinski definition) is 1. The van der Waals surface area contributed by atoms with Gasteiger partial charge in [0, 0.05) is 31.1 Å². The Bertz CT molecular complexity index is 1030. The van der Waals surface area contributed by atoms with Crippen molar-refractivity contribution in [3.05, 3.63) is 23.8 Å². The van der Waals surface area contributed by atoms with Gasteiger partial charge in [-0.1, -0.05) is 44.9 Å². The average molecular weight is 513 g/mol. The molecule has 4 aliphatic carbocycles. The van der Waals surface area contributed by atoms with Gasteiger partial charge in [0.2, 0.25) is 0 Å². The zero-order valence-corrected chi connectivity index (χ0v) is 24.1. The minimum absolute atomic E-state index is 0.0390. The fourth-order valence-corrected chi connectivity index (χ4v) is 10.5. The van der Waals surface area contributed by atoms with E-state index in [9.17, 15) is 14.7 Å². The van der Waals surface area contributed by atoms with E-state index in [1.807, 2.05) is 6.92 Å². The largest absolute Gasteiger partial charge is 0.462 e. The Hall–Kier alpha value is -1.62. The van der Waals surface area contributed by atoms with Crippen LogP contribution < -0.4 is 0 Å². The third-order valence-electron chi connectivity index (χ3n) is 12.2. The minimum Gasteiger partial charge on any atom is -0.462 e. The predicted molar refractivity (Wildman–Crippen MR) is 143 cm³/mol. The van der Waals surface area contributed by atoms with Gasteiger partial charge in [0.05, 0.1) is 11.5 Å². The summed E-state index contributed by atoms with van der Waals surface area (Å²) in [4.78, 5) is 25.9. The van der Waals surface area contributed by atoms with E-state index in [2.05, 4.69) is 47.3 Å². The first kappa shape index (κ1) is 27.0. The van der Waals surface area contributed by atoms with Crippen LogP contribution in [0.2, 0.25) is 0 Å². The number of carbonyl (C=O) groups excluding carboxylic acids is 2. The molecule has 3 saturated carbocycles. The summed E-state index contributed by atoms with van der Waals surface area (Å²) in [7, 11) is 0. The average Bonchev–Trinajstić information content (AvgIpc) is 3.20. The van der Waals surface area contributed by atoms with Gasteiger partial charge in [-0.25, -0.2) is 0 Å². The quantitative estimate of drug-likeness (QED) is 0.335. The lowest BCUT2D eigenvalue weighted by molar-refractivity contribution is -0.164. The highest BCUT2D eigenvalue weighted by Crippen LogP contribution is 2.76. The van der Waals surface area contributed by atoms with Gasteiger partial charge < -0.3 is 14.6 Å². The minimum atomic E-state index is -0.657. The van der Waals surface area contributed by atoms with Crippen molar-refractivity contribution in [1.29, 1.82) is 0 Å². The Morgan fingerprint density at radius 2 is 1.81 bits per heavy atom. The highest BCUT2D eigenvalue weighted by atomic mass is 16.6. The lowest BCUT2D eigenvalue weighted by Crippen LogP contribution is -2.59. The topological polar surface area (TPSA) is 72.8 Å². The number of fused-ring (bicyclic) bond motifs is 4. The van der Waals surface area contributed by atoms with E-state index in [1.165, 1.54) is 12.5 Å². The van der Waals surface area contributed by atoms with Crippen LogP contribution in [0.5, 0.6) is 0 Å². The molecule has 9 atom stereocenters. The molecule has 1 saturated heterocycles. The molecule has 1 spiro atoms. The molecule has 0 amide bonds. The summed E-state index contributed by atoms with van der Waals surface area (Å²) in [5, 5.41) is 10.9. The number of hydrogen-bond acceptors (Lipinski definition) is 5. The summed E-state index contributed by atoms with van der Waals surface area (Å²) < 4.78 is 12.1. The normalized spacial score (nSPS) is 46.5. The Morgan fingerprint density at radius 3 is 2.46 bits per heavy atom. The third kappa shape index (κ3) is 3.58. The SMILES string of the molecule is C=C(C)C[C@@H](C[C@]1(C)OC(=O)[C@]23CC[C@@H]4C(=CC[C@H]5C(C)(C)[C@@H](O)CC[C@]45C)[C@]2(C)CC[C@@H]31)OC(C)=O. The van der Waals surface area contributed by atoms with Crippen molar-refractivity contribution < 1.29 is 24.2 Å². The van der Waals surface area contributed by atoms with Crippen molar-refractivity contribution in [3.8, 4) is 0 Å². The number of aliphatic hydroxyl groups is 1. The third-order valence-corrected chi connectivity index (χ3v) is 12.2. The molecule has 1 aliphatic heterocycles. The molecule has 0 aromatic rings. The van der Waals surface area contributed by atoms with E-state index in [0.717, 1.165) is 50.5 Å². The first-order valence-electron chi connectivity index (χ1n) is 14.6. The standard InChI is InChI=1S/C32H48O5/c1-19(2)17-21(36-20(3)33)18-31(8)25-12-15-30(7)23-9-10-24-28(4,5)26(34)13-14-29(24,6)22(23)11-16-32(25,30)27(35)37-31/h9,21-22,24-26,34H,1,10-18H2,2-8H3/t21-,22+,24-,25+,26-,29+,30-,31-,32+/m0/s1. The van der Waals surface area contributed by atoms with Crippen LogP contribution in [0.3, 0.4) is 0 Å². The van der Waals surface area contributed by atoms with Gasteiger partial charge in [-0.05, 0) is 81.5 Å². The molecule has 5 heteroatoms. The Morgan fingerprint density at radius 1 is 1.11 bits per heavy atom. The smallest absolute Gasteiger partial charge is 0.313 e. The van der Waals surface area contributed by atoms with Crippen LogP contribution in [-0.2, 0) is 19.1 Å². The summed E-state index contributed by atoms with van der Waals surface area (Å²) in [5.41, 5.74) is 1.10. The molecular weight excluding hydrogens is 464 g/mol. The molecule has 1 heterocycles. The van der Waals surface area contributed by atoms with Gasteiger partial charge in [0.15, 0.2) is 0 Å². The van der Waals surface area contributed by atoms with Crippen molar-refractivity contribution in [3.63, 3.8) is 0 Å². The van der Waals surface area contributed by atoms with Gasteiger partial charge in [-0.2, -0.15) is 0 Å². The molecule has 0 radical (unpaired) electrons. The number of aliphatic hydroxyl groups excluding tert-OH is 1. The number of rotatable bonds is 5. The molecule has 0 aromatic carbocycles. The monoisotopic (exact) mass is 512 g/mol. The zero-order valence-electron chi connectivity index (χ0n) is 24.1. The van der Waals surface area contributed by atoms with Gasteiger partial charge in [0.25, 0.3) is 0 Å². The van der Waals surface area contributed by atoms with Crippen LogP contribution in [0, 0.1) is 39.4 Å². The summed E-state index contributed by atoms with van der Waals surface area (Å²) in [5.74, 6) is 0.658. The second kappa shape index (κ2) is 8.44. The van der Waals surface area contributed by atoms with Gasteiger partial charge in [-0.15, -0.1) is 6.58 Å². The molecule has 5 aliphatic rings. The molecule has 1 N–H and O–H groups in total. The number of esters is 2. The maximum absolute atomic E-state index is 14.0.